The second-order valence-corrected chi connectivity index (χ2v) is 5.70. The standard InChI is InChI=1S/C22H23NO3/c1-24-21-13-7-8-14-22(21)25-16-15-23-19-11-5-6-12-20(19)26-17-18-9-3-2-4-10-18/h2-14,23H,15-17H2,1H3. The van der Waals surface area contributed by atoms with Crippen LogP contribution in [0, 0.1) is 0 Å². The van der Waals surface area contributed by atoms with Gasteiger partial charge in [-0.3, -0.25) is 0 Å². The van der Waals surface area contributed by atoms with E-state index in [0.29, 0.717) is 19.8 Å². The Hall–Kier alpha value is -3.14. The first-order chi connectivity index (χ1) is 12.9. The van der Waals surface area contributed by atoms with E-state index in [1.54, 1.807) is 7.11 Å². The quantitative estimate of drug-likeness (QED) is 0.565. The molecule has 0 bridgehead atoms. The Balaban J connectivity index is 1.52. The van der Waals surface area contributed by atoms with Gasteiger partial charge in [-0.25, -0.2) is 0 Å². The minimum absolute atomic E-state index is 0.521. The van der Waals surface area contributed by atoms with Crippen LogP contribution >= 0.6 is 0 Å². The lowest BCUT2D eigenvalue weighted by molar-refractivity contribution is 0.302. The molecule has 0 saturated carbocycles. The molecule has 4 heteroatoms. The van der Waals surface area contributed by atoms with E-state index in [9.17, 15) is 0 Å². The van der Waals surface area contributed by atoms with Crippen LogP contribution in [0.5, 0.6) is 17.2 Å². The highest BCUT2D eigenvalue weighted by atomic mass is 16.5. The van der Waals surface area contributed by atoms with Gasteiger partial charge in [0.25, 0.3) is 0 Å². The second-order valence-electron chi connectivity index (χ2n) is 5.70. The fourth-order valence-corrected chi connectivity index (χ4v) is 2.56. The molecule has 0 aliphatic heterocycles. The largest absolute Gasteiger partial charge is 0.493 e. The first-order valence-corrected chi connectivity index (χ1v) is 8.62. The number of para-hydroxylation sites is 4. The van der Waals surface area contributed by atoms with Gasteiger partial charge in [0.1, 0.15) is 19.0 Å². The molecule has 0 amide bonds. The highest BCUT2D eigenvalue weighted by Gasteiger charge is 2.05. The predicted octanol–water partition coefficient (Wildman–Crippen LogP) is 4.77. The predicted molar refractivity (Wildman–Crippen MR) is 104 cm³/mol. The summed E-state index contributed by atoms with van der Waals surface area (Å²) in [6.07, 6.45) is 0. The van der Waals surface area contributed by atoms with Crippen molar-refractivity contribution in [1.82, 2.24) is 0 Å². The zero-order chi connectivity index (χ0) is 18.0. The number of rotatable bonds is 9. The van der Waals surface area contributed by atoms with Crippen molar-refractivity contribution in [1.29, 1.82) is 0 Å². The minimum Gasteiger partial charge on any atom is -0.493 e. The Morgan fingerprint density at radius 2 is 1.35 bits per heavy atom. The number of methoxy groups -OCH3 is 1. The molecule has 0 saturated heterocycles. The summed E-state index contributed by atoms with van der Waals surface area (Å²) in [5, 5.41) is 3.37. The molecule has 134 valence electrons. The Kier molecular flexibility index (Phi) is 6.37. The van der Waals surface area contributed by atoms with Crippen molar-refractivity contribution in [3.05, 3.63) is 84.4 Å². The molecule has 0 fully saturated rings. The summed E-state index contributed by atoms with van der Waals surface area (Å²) in [7, 11) is 1.64. The van der Waals surface area contributed by atoms with Gasteiger partial charge < -0.3 is 19.5 Å². The van der Waals surface area contributed by atoms with Crippen molar-refractivity contribution >= 4 is 5.69 Å². The third-order valence-corrected chi connectivity index (χ3v) is 3.87. The van der Waals surface area contributed by atoms with Gasteiger partial charge in [0.05, 0.1) is 12.8 Å². The maximum Gasteiger partial charge on any atom is 0.161 e. The monoisotopic (exact) mass is 349 g/mol. The van der Waals surface area contributed by atoms with E-state index in [1.807, 2.05) is 66.7 Å². The number of nitrogens with one attached hydrogen (secondary N) is 1. The van der Waals surface area contributed by atoms with E-state index in [1.165, 1.54) is 0 Å². The third kappa shape index (κ3) is 4.93. The van der Waals surface area contributed by atoms with Gasteiger partial charge in [0.2, 0.25) is 0 Å². The topological polar surface area (TPSA) is 39.7 Å². The van der Waals surface area contributed by atoms with Crippen LogP contribution in [0.15, 0.2) is 78.9 Å². The van der Waals surface area contributed by atoms with Crippen molar-refractivity contribution in [3.8, 4) is 17.2 Å². The molecule has 0 heterocycles. The highest BCUT2D eigenvalue weighted by Crippen LogP contribution is 2.26. The minimum atomic E-state index is 0.521. The average molecular weight is 349 g/mol. The Bertz CT molecular complexity index is 805. The third-order valence-electron chi connectivity index (χ3n) is 3.87. The molecule has 0 aliphatic rings. The molecular formula is C22H23NO3. The molecule has 0 unspecified atom stereocenters. The maximum atomic E-state index is 5.95. The molecule has 0 atom stereocenters. The number of anilines is 1. The molecule has 4 nitrogen and oxygen atoms in total. The number of hydrogen-bond acceptors (Lipinski definition) is 4. The van der Waals surface area contributed by atoms with E-state index in [-0.39, 0.29) is 0 Å². The molecule has 26 heavy (non-hydrogen) atoms. The van der Waals surface area contributed by atoms with Gasteiger partial charge in [-0.15, -0.1) is 0 Å². The van der Waals surface area contributed by atoms with Gasteiger partial charge in [-0.2, -0.15) is 0 Å². The fourth-order valence-electron chi connectivity index (χ4n) is 2.56. The molecule has 3 aromatic carbocycles. The van der Waals surface area contributed by atoms with Crippen molar-refractivity contribution < 1.29 is 14.2 Å². The van der Waals surface area contributed by atoms with Gasteiger partial charge in [0.15, 0.2) is 11.5 Å². The van der Waals surface area contributed by atoms with E-state index in [4.69, 9.17) is 14.2 Å². The smallest absolute Gasteiger partial charge is 0.161 e. The zero-order valence-corrected chi connectivity index (χ0v) is 14.9. The van der Waals surface area contributed by atoms with Crippen LogP contribution < -0.4 is 19.5 Å². The van der Waals surface area contributed by atoms with Crippen LogP contribution in [0.4, 0.5) is 5.69 Å². The number of benzene rings is 3. The van der Waals surface area contributed by atoms with Crippen molar-refractivity contribution in [2.24, 2.45) is 0 Å². The molecular weight excluding hydrogens is 326 g/mol. The van der Waals surface area contributed by atoms with Crippen LogP contribution in [0.1, 0.15) is 5.56 Å². The van der Waals surface area contributed by atoms with Gasteiger partial charge >= 0.3 is 0 Å². The lowest BCUT2D eigenvalue weighted by Gasteiger charge is -2.14. The normalized spacial score (nSPS) is 10.2. The summed E-state index contributed by atoms with van der Waals surface area (Å²) < 4.78 is 17.0. The Morgan fingerprint density at radius 1 is 0.692 bits per heavy atom. The summed E-state index contributed by atoms with van der Waals surface area (Å²) in [6, 6.07) is 25.7. The van der Waals surface area contributed by atoms with E-state index in [0.717, 1.165) is 28.5 Å². The van der Waals surface area contributed by atoms with Crippen molar-refractivity contribution in [2.45, 2.75) is 6.61 Å². The Labute approximate surface area is 154 Å². The second kappa shape index (κ2) is 9.37. The summed E-state index contributed by atoms with van der Waals surface area (Å²) in [5.74, 6) is 2.30. The summed E-state index contributed by atoms with van der Waals surface area (Å²) >= 11 is 0. The van der Waals surface area contributed by atoms with Gasteiger partial charge in [0, 0.05) is 6.54 Å². The zero-order valence-electron chi connectivity index (χ0n) is 14.9. The van der Waals surface area contributed by atoms with Crippen LogP contribution in [0.2, 0.25) is 0 Å². The molecule has 0 radical (unpaired) electrons. The van der Waals surface area contributed by atoms with Gasteiger partial charge in [-0.1, -0.05) is 54.6 Å². The maximum absolute atomic E-state index is 5.95. The number of hydrogen-bond donors (Lipinski definition) is 1. The van der Waals surface area contributed by atoms with Crippen LogP contribution in [-0.2, 0) is 6.61 Å². The molecule has 3 aromatic rings. The van der Waals surface area contributed by atoms with E-state index >= 15 is 0 Å². The lowest BCUT2D eigenvalue weighted by atomic mass is 10.2. The molecule has 0 aliphatic carbocycles. The first-order valence-electron chi connectivity index (χ1n) is 8.62. The summed E-state index contributed by atoms with van der Waals surface area (Å²) in [5.41, 5.74) is 2.09. The molecule has 1 N–H and O–H groups in total. The van der Waals surface area contributed by atoms with Gasteiger partial charge in [-0.05, 0) is 29.8 Å². The Morgan fingerprint density at radius 3 is 2.12 bits per heavy atom. The SMILES string of the molecule is COc1ccccc1OCCNc1ccccc1OCc1ccccc1. The summed E-state index contributed by atoms with van der Waals surface area (Å²) in [6.45, 7) is 1.72. The molecule has 3 rings (SSSR count). The fraction of sp³-hybridized carbons (Fsp3) is 0.182. The lowest BCUT2D eigenvalue weighted by Crippen LogP contribution is -2.12. The van der Waals surface area contributed by atoms with E-state index < -0.39 is 0 Å². The van der Waals surface area contributed by atoms with Crippen LogP contribution in [-0.4, -0.2) is 20.3 Å². The summed E-state index contributed by atoms with van der Waals surface area (Å²) in [4.78, 5) is 0. The van der Waals surface area contributed by atoms with Crippen LogP contribution in [0.3, 0.4) is 0 Å². The van der Waals surface area contributed by atoms with Crippen molar-refractivity contribution in [2.75, 3.05) is 25.6 Å². The van der Waals surface area contributed by atoms with Crippen molar-refractivity contribution in [3.63, 3.8) is 0 Å². The number of ether oxygens (including phenoxy) is 3. The highest BCUT2D eigenvalue weighted by molar-refractivity contribution is 5.56. The first kappa shape index (κ1) is 17.7. The van der Waals surface area contributed by atoms with Crippen LogP contribution in [0.25, 0.3) is 0 Å². The molecule has 0 aromatic heterocycles. The van der Waals surface area contributed by atoms with E-state index in [2.05, 4.69) is 17.4 Å². The average Bonchev–Trinajstić information content (AvgIpc) is 2.71. The molecule has 0 spiro atoms.